The number of methoxy groups -OCH3 is 1. The Morgan fingerprint density at radius 3 is 2.82 bits per heavy atom. The number of benzene rings is 1. The molecule has 1 aliphatic rings. The van der Waals surface area contributed by atoms with E-state index in [9.17, 15) is 4.79 Å². The Hall–Kier alpha value is -3.42. The van der Waals surface area contributed by atoms with Gasteiger partial charge in [-0.3, -0.25) is 4.79 Å². The summed E-state index contributed by atoms with van der Waals surface area (Å²) in [6, 6.07) is 10.9. The van der Waals surface area contributed by atoms with Gasteiger partial charge in [0, 0.05) is 25.2 Å². The van der Waals surface area contributed by atoms with E-state index >= 15 is 0 Å². The summed E-state index contributed by atoms with van der Waals surface area (Å²) >= 11 is 0. The van der Waals surface area contributed by atoms with Gasteiger partial charge in [-0.05, 0) is 25.1 Å². The summed E-state index contributed by atoms with van der Waals surface area (Å²) < 4.78 is 16.5. The normalized spacial score (nSPS) is 16.2. The smallest absolute Gasteiger partial charge is 0.261 e. The van der Waals surface area contributed by atoms with E-state index < -0.39 is 0 Å². The third kappa shape index (κ3) is 3.66. The Labute approximate surface area is 162 Å². The predicted molar refractivity (Wildman–Crippen MR) is 100 cm³/mol. The average molecular weight is 380 g/mol. The maximum absolute atomic E-state index is 12.7. The third-order valence-corrected chi connectivity index (χ3v) is 4.56. The molecule has 0 N–H and O–H groups in total. The van der Waals surface area contributed by atoms with Crippen molar-refractivity contribution in [1.82, 2.24) is 20.0 Å². The first-order valence-electron chi connectivity index (χ1n) is 8.99. The van der Waals surface area contributed by atoms with E-state index in [4.69, 9.17) is 14.0 Å². The van der Waals surface area contributed by atoms with Crippen LogP contribution in [-0.4, -0.2) is 52.2 Å². The van der Waals surface area contributed by atoms with Crippen LogP contribution in [0.4, 0.5) is 0 Å². The van der Waals surface area contributed by atoms with Gasteiger partial charge < -0.3 is 18.9 Å². The van der Waals surface area contributed by atoms with E-state index in [1.54, 1.807) is 31.1 Å². The lowest BCUT2D eigenvalue weighted by atomic mass is 10.2. The molecule has 3 heterocycles. The number of ether oxygens (including phenoxy) is 2. The third-order valence-electron chi connectivity index (χ3n) is 4.56. The van der Waals surface area contributed by atoms with Gasteiger partial charge in [-0.1, -0.05) is 17.3 Å². The fourth-order valence-electron chi connectivity index (χ4n) is 3.15. The standard InChI is InChI=1S/C20H20N4O4/c1-13-22-19(28-23-13)16-5-3-4-6-17(16)27-15-9-10-24(12-15)20(25)14-7-8-18(26-2)21-11-14/h3-8,11,15H,9-10,12H2,1-2H3. The second-order valence-corrected chi connectivity index (χ2v) is 6.51. The van der Waals surface area contributed by atoms with Crippen molar-refractivity contribution in [3.8, 4) is 23.1 Å². The molecule has 1 saturated heterocycles. The number of carbonyl (C=O) groups is 1. The van der Waals surface area contributed by atoms with Crippen molar-refractivity contribution in [3.05, 3.63) is 54.0 Å². The van der Waals surface area contributed by atoms with Gasteiger partial charge in [-0.15, -0.1) is 0 Å². The zero-order valence-corrected chi connectivity index (χ0v) is 15.7. The van der Waals surface area contributed by atoms with Crippen molar-refractivity contribution < 1.29 is 18.8 Å². The second-order valence-electron chi connectivity index (χ2n) is 6.51. The number of nitrogens with zero attached hydrogens (tertiary/aromatic N) is 4. The summed E-state index contributed by atoms with van der Waals surface area (Å²) in [5.74, 6) is 2.06. The highest BCUT2D eigenvalue weighted by molar-refractivity contribution is 5.94. The van der Waals surface area contributed by atoms with E-state index in [1.807, 2.05) is 24.3 Å². The van der Waals surface area contributed by atoms with Crippen LogP contribution in [0.15, 0.2) is 47.1 Å². The minimum absolute atomic E-state index is 0.0675. The minimum Gasteiger partial charge on any atom is -0.488 e. The van der Waals surface area contributed by atoms with Crippen LogP contribution in [0.5, 0.6) is 11.6 Å². The van der Waals surface area contributed by atoms with Crippen molar-refractivity contribution in [2.45, 2.75) is 19.4 Å². The van der Waals surface area contributed by atoms with Crippen molar-refractivity contribution in [2.75, 3.05) is 20.2 Å². The van der Waals surface area contributed by atoms with Gasteiger partial charge >= 0.3 is 0 Å². The van der Waals surface area contributed by atoms with E-state index in [0.29, 0.717) is 42.0 Å². The number of para-hydroxylation sites is 1. The van der Waals surface area contributed by atoms with Gasteiger partial charge in [0.05, 0.1) is 24.8 Å². The number of hydrogen-bond donors (Lipinski definition) is 0. The Kier molecular flexibility index (Phi) is 4.92. The van der Waals surface area contributed by atoms with Gasteiger partial charge in [0.15, 0.2) is 5.82 Å². The topological polar surface area (TPSA) is 90.6 Å². The lowest BCUT2D eigenvalue weighted by Crippen LogP contribution is -2.31. The van der Waals surface area contributed by atoms with Crippen LogP contribution in [0.1, 0.15) is 22.6 Å². The number of likely N-dealkylation sites (tertiary alicyclic amines) is 1. The maximum atomic E-state index is 12.7. The van der Waals surface area contributed by atoms with E-state index in [0.717, 1.165) is 12.0 Å². The zero-order chi connectivity index (χ0) is 19.5. The molecule has 1 atom stereocenters. The summed E-state index contributed by atoms with van der Waals surface area (Å²) in [7, 11) is 1.54. The molecule has 0 radical (unpaired) electrons. The van der Waals surface area contributed by atoms with Crippen molar-refractivity contribution in [1.29, 1.82) is 0 Å². The van der Waals surface area contributed by atoms with Gasteiger partial charge in [0.2, 0.25) is 5.88 Å². The lowest BCUT2D eigenvalue weighted by Gasteiger charge is -2.18. The maximum Gasteiger partial charge on any atom is 0.261 e. The molecule has 0 aliphatic carbocycles. The van der Waals surface area contributed by atoms with Crippen LogP contribution < -0.4 is 9.47 Å². The first-order valence-corrected chi connectivity index (χ1v) is 8.99. The molecule has 144 valence electrons. The van der Waals surface area contributed by atoms with E-state index in [-0.39, 0.29) is 12.0 Å². The van der Waals surface area contributed by atoms with Crippen LogP contribution >= 0.6 is 0 Å². The number of amides is 1. The molecule has 1 aliphatic heterocycles. The fourth-order valence-corrected chi connectivity index (χ4v) is 3.15. The molecular weight excluding hydrogens is 360 g/mol. The SMILES string of the molecule is COc1ccc(C(=O)N2CCC(Oc3ccccc3-c3nc(C)no3)C2)cn1. The summed E-state index contributed by atoms with van der Waals surface area (Å²) in [5.41, 5.74) is 1.27. The second kappa shape index (κ2) is 7.67. The van der Waals surface area contributed by atoms with Gasteiger partial charge in [0.1, 0.15) is 11.9 Å². The highest BCUT2D eigenvalue weighted by Crippen LogP contribution is 2.30. The molecule has 1 unspecified atom stereocenters. The minimum atomic E-state index is -0.111. The molecule has 1 fully saturated rings. The quantitative estimate of drug-likeness (QED) is 0.672. The number of carbonyl (C=O) groups excluding carboxylic acids is 1. The monoisotopic (exact) mass is 380 g/mol. The highest BCUT2D eigenvalue weighted by atomic mass is 16.5. The molecule has 0 saturated carbocycles. The van der Waals surface area contributed by atoms with Gasteiger partial charge in [-0.25, -0.2) is 4.98 Å². The Morgan fingerprint density at radius 2 is 2.11 bits per heavy atom. The Morgan fingerprint density at radius 1 is 1.25 bits per heavy atom. The molecular formula is C20H20N4O4. The largest absolute Gasteiger partial charge is 0.488 e. The van der Waals surface area contributed by atoms with Crippen molar-refractivity contribution in [2.24, 2.45) is 0 Å². The predicted octanol–water partition coefficient (Wildman–Crippen LogP) is 2.74. The van der Waals surface area contributed by atoms with Crippen LogP contribution in [-0.2, 0) is 0 Å². The van der Waals surface area contributed by atoms with Crippen LogP contribution in [0.3, 0.4) is 0 Å². The van der Waals surface area contributed by atoms with Crippen molar-refractivity contribution >= 4 is 5.91 Å². The molecule has 28 heavy (non-hydrogen) atoms. The molecule has 2 aromatic heterocycles. The first-order chi connectivity index (χ1) is 13.6. The van der Waals surface area contributed by atoms with Crippen LogP contribution in [0.2, 0.25) is 0 Å². The number of hydrogen-bond acceptors (Lipinski definition) is 7. The molecule has 1 aromatic carbocycles. The molecule has 8 nitrogen and oxygen atoms in total. The Bertz CT molecular complexity index is 970. The highest BCUT2D eigenvalue weighted by Gasteiger charge is 2.29. The lowest BCUT2D eigenvalue weighted by molar-refractivity contribution is 0.0772. The van der Waals surface area contributed by atoms with E-state index in [1.165, 1.54) is 6.20 Å². The molecule has 3 aromatic rings. The molecule has 8 heteroatoms. The fraction of sp³-hybridized carbons (Fsp3) is 0.300. The molecule has 0 spiro atoms. The number of pyridine rings is 1. The van der Waals surface area contributed by atoms with Crippen LogP contribution in [0, 0.1) is 6.92 Å². The number of aromatic nitrogens is 3. The van der Waals surface area contributed by atoms with Gasteiger partial charge in [-0.2, -0.15) is 4.98 Å². The number of aryl methyl sites for hydroxylation is 1. The summed E-state index contributed by atoms with van der Waals surface area (Å²) in [6.07, 6.45) is 2.16. The molecule has 0 bridgehead atoms. The molecule has 1 amide bonds. The summed E-state index contributed by atoms with van der Waals surface area (Å²) in [5, 5.41) is 3.84. The van der Waals surface area contributed by atoms with Crippen molar-refractivity contribution in [3.63, 3.8) is 0 Å². The first kappa shape index (κ1) is 18.0. The summed E-state index contributed by atoms with van der Waals surface area (Å²) in [6.45, 7) is 2.89. The Balaban J connectivity index is 1.44. The number of rotatable bonds is 5. The van der Waals surface area contributed by atoms with E-state index in [2.05, 4.69) is 15.1 Å². The van der Waals surface area contributed by atoms with Crippen LogP contribution in [0.25, 0.3) is 11.5 Å². The average Bonchev–Trinajstić information content (AvgIpc) is 3.37. The zero-order valence-electron chi connectivity index (χ0n) is 15.7. The summed E-state index contributed by atoms with van der Waals surface area (Å²) in [4.78, 5) is 22.8. The molecule has 4 rings (SSSR count). The van der Waals surface area contributed by atoms with Gasteiger partial charge in [0.25, 0.3) is 11.8 Å².